The van der Waals surface area contributed by atoms with Crippen molar-refractivity contribution in [3.63, 3.8) is 0 Å². The van der Waals surface area contributed by atoms with Crippen molar-refractivity contribution >= 4 is 17.2 Å². The number of benzene rings is 4. The molecule has 1 aliphatic rings. The third kappa shape index (κ3) is 5.01. The van der Waals surface area contributed by atoms with E-state index in [2.05, 4.69) is 38.1 Å². The maximum Gasteiger partial charge on any atom is 0.165 e. The van der Waals surface area contributed by atoms with Gasteiger partial charge in [0, 0.05) is 12.3 Å². The number of Topliss-reactive ketones (excluding diaryl/α,β-unsaturated/α-hetero) is 1. The standard InChI is InChI=1S/C32H32N2O3/c1-32(2)28(24-15-7-3-8-16-24)23-29(35)31(30(32)25-17-9-4-10-18-25)37-34(27-21-13-6-14-22-27)33(36)26-19-11-5-12-20-26/h3-22,28,30-31,36H,23H2,1-2H3/t28-,30-,31+/m1/s1. The minimum absolute atomic E-state index is 0.00410. The lowest BCUT2D eigenvalue weighted by atomic mass is 9.57. The van der Waals surface area contributed by atoms with Gasteiger partial charge in [0.05, 0.1) is 11.4 Å². The van der Waals surface area contributed by atoms with Crippen LogP contribution in [0.5, 0.6) is 0 Å². The zero-order valence-electron chi connectivity index (χ0n) is 21.1. The van der Waals surface area contributed by atoms with Crippen molar-refractivity contribution in [2.45, 2.75) is 38.2 Å². The molecule has 5 rings (SSSR count). The molecule has 0 bridgehead atoms. The first-order chi connectivity index (χ1) is 18.0. The van der Waals surface area contributed by atoms with Gasteiger partial charge in [-0.15, -0.1) is 10.3 Å². The summed E-state index contributed by atoms with van der Waals surface area (Å²) in [5.41, 5.74) is 2.98. The van der Waals surface area contributed by atoms with Gasteiger partial charge in [0.1, 0.15) is 0 Å². The number of hydrogen-bond acceptors (Lipinski definition) is 5. The Hall–Kier alpha value is -3.93. The lowest BCUT2D eigenvalue weighted by Crippen LogP contribution is -2.53. The van der Waals surface area contributed by atoms with Crippen molar-refractivity contribution in [3.8, 4) is 0 Å². The second-order valence-electron chi connectivity index (χ2n) is 10.1. The molecule has 0 amide bonds. The molecule has 0 saturated heterocycles. The summed E-state index contributed by atoms with van der Waals surface area (Å²) in [5.74, 6) is -0.226. The second-order valence-corrected chi connectivity index (χ2v) is 10.1. The molecule has 0 unspecified atom stereocenters. The van der Waals surface area contributed by atoms with Gasteiger partial charge in [0.25, 0.3) is 0 Å². The summed E-state index contributed by atoms with van der Waals surface area (Å²) in [6.45, 7) is 4.43. The van der Waals surface area contributed by atoms with Crippen LogP contribution >= 0.6 is 0 Å². The van der Waals surface area contributed by atoms with Crippen LogP contribution in [0.2, 0.25) is 0 Å². The molecular weight excluding hydrogens is 460 g/mol. The number of nitrogens with zero attached hydrogens (tertiary/aromatic N) is 2. The van der Waals surface area contributed by atoms with Crippen molar-refractivity contribution < 1.29 is 14.8 Å². The first-order valence-electron chi connectivity index (χ1n) is 12.7. The summed E-state index contributed by atoms with van der Waals surface area (Å²) in [7, 11) is 0. The van der Waals surface area contributed by atoms with Gasteiger partial charge in [-0.05, 0) is 46.7 Å². The highest BCUT2D eigenvalue weighted by Crippen LogP contribution is 2.54. The fraction of sp³-hybridized carbons (Fsp3) is 0.219. The molecule has 0 heterocycles. The van der Waals surface area contributed by atoms with Crippen LogP contribution in [0.25, 0.3) is 0 Å². The van der Waals surface area contributed by atoms with E-state index < -0.39 is 6.10 Å². The van der Waals surface area contributed by atoms with E-state index in [0.29, 0.717) is 17.8 Å². The maximum absolute atomic E-state index is 13.9. The zero-order valence-corrected chi connectivity index (χ0v) is 21.1. The number of carbonyl (C=O) groups excluding carboxylic acids is 1. The van der Waals surface area contributed by atoms with E-state index in [9.17, 15) is 10.0 Å². The van der Waals surface area contributed by atoms with Crippen LogP contribution in [0.15, 0.2) is 121 Å². The smallest absolute Gasteiger partial charge is 0.165 e. The lowest BCUT2D eigenvalue weighted by molar-refractivity contribution is -0.145. The average Bonchev–Trinajstić information content (AvgIpc) is 2.94. The lowest BCUT2D eigenvalue weighted by Gasteiger charge is -2.49. The molecule has 4 aromatic rings. The minimum atomic E-state index is -0.809. The Labute approximate surface area is 218 Å². The Morgan fingerprint density at radius 1 is 0.703 bits per heavy atom. The first-order valence-corrected chi connectivity index (χ1v) is 12.7. The first kappa shape index (κ1) is 24.8. The van der Waals surface area contributed by atoms with E-state index in [1.54, 1.807) is 12.1 Å². The molecule has 37 heavy (non-hydrogen) atoms. The zero-order chi connectivity index (χ0) is 25.8. The van der Waals surface area contributed by atoms with Crippen LogP contribution in [0.1, 0.15) is 43.2 Å². The molecule has 188 valence electrons. The van der Waals surface area contributed by atoms with Gasteiger partial charge in [-0.1, -0.05) is 111 Å². The molecule has 1 fully saturated rings. The second kappa shape index (κ2) is 10.6. The van der Waals surface area contributed by atoms with E-state index in [-0.39, 0.29) is 23.0 Å². The maximum atomic E-state index is 13.9. The van der Waals surface area contributed by atoms with Gasteiger partial charge in [-0.3, -0.25) is 10.0 Å². The number of anilines is 2. The normalized spacial score (nSPS) is 20.8. The van der Waals surface area contributed by atoms with Crippen molar-refractivity contribution in [2.24, 2.45) is 5.41 Å². The van der Waals surface area contributed by atoms with Crippen LogP contribution in [-0.2, 0) is 9.63 Å². The summed E-state index contributed by atoms with van der Waals surface area (Å²) in [6, 6.07) is 38.8. The molecule has 0 aliphatic heterocycles. The monoisotopic (exact) mass is 492 g/mol. The number of hydrazine groups is 1. The van der Waals surface area contributed by atoms with E-state index in [1.807, 2.05) is 84.9 Å². The Bertz CT molecular complexity index is 1300. The predicted molar refractivity (Wildman–Crippen MR) is 146 cm³/mol. The topological polar surface area (TPSA) is 53.0 Å². The fourth-order valence-corrected chi connectivity index (χ4v) is 5.53. The molecule has 1 aliphatic carbocycles. The molecule has 5 nitrogen and oxygen atoms in total. The van der Waals surface area contributed by atoms with E-state index in [1.165, 1.54) is 5.17 Å². The third-order valence-corrected chi connectivity index (χ3v) is 7.44. The highest BCUT2D eigenvalue weighted by atomic mass is 16.8. The van der Waals surface area contributed by atoms with Gasteiger partial charge in [-0.25, -0.2) is 4.84 Å². The van der Waals surface area contributed by atoms with E-state index in [4.69, 9.17) is 4.84 Å². The molecule has 0 radical (unpaired) electrons. The third-order valence-electron chi connectivity index (χ3n) is 7.44. The quantitative estimate of drug-likeness (QED) is 0.277. The van der Waals surface area contributed by atoms with E-state index >= 15 is 0 Å². The number of ketones is 1. The van der Waals surface area contributed by atoms with E-state index in [0.717, 1.165) is 16.3 Å². The van der Waals surface area contributed by atoms with Crippen molar-refractivity contribution in [3.05, 3.63) is 132 Å². The van der Waals surface area contributed by atoms with Crippen LogP contribution in [0, 0.1) is 5.41 Å². The van der Waals surface area contributed by atoms with Crippen LogP contribution in [0.4, 0.5) is 11.4 Å². The number of carbonyl (C=O) groups is 1. The molecule has 5 heteroatoms. The predicted octanol–water partition coefficient (Wildman–Crippen LogP) is 7.17. The molecule has 4 aromatic carbocycles. The Kier molecular flexibility index (Phi) is 7.08. The molecule has 0 spiro atoms. The highest BCUT2D eigenvalue weighted by molar-refractivity contribution is 5.87. The summed E-state index contributed by atoms with van der Waals surface area (Å²) >= 11 is 0. The van der Waals surface area contributed by atoms with Crippen molar-refractivity contribution in [1.82, 2.24) is 0 Å². The van der Waals surface area contributed by atoms with Gasteiger partial charge < -0.3 is 0 Å². The minimum Gasteiger partial charge on any atom is -0.297 e. The number of rotatable bonds is 7. The molecule has 1 saturated carbocycles. The van der Waals surface area contributed by atoms with Crippen LogP contribution in [-0.4, -0.2) is 17.1 Å². The van der Waals surface area contributed by atoms with Crippen molar-refractivity contribution in [1.29, 1.82) is 0 Å². The summed E-state index contributed by atoms with van der Waals surface area (Å²) in [4.78, 5) is 20.5. The summed E-state index contributed by atoms with van der Waals surface area (Å²) in [6.07, 6.45) is -0.458. The Morgan fingerprint density at radius 3 is 1.70 bits per heavy atom. The van der Waals surface area contributed by atoms with Crippen LogP contribution in [0.3, 0.4) is 0 Å². The highest BCUT2D eigenvalue weighted by Gasteiger charge is 2.52. The number of hydrogen-bond donors (Lipinski definition) is 1. The Balaban J connectivity index is 1.58. The Morgan fingerprint density at radius 2 is 1.16 bits per heavy atom. The molecule has 3 atom stereocenters. The molecular formula is C32H32N2O3. The SMILES string of the molecule is CC1(C)[C@@H](c2ccccc2)CC(=O)[C@H](ON(c2ccccc2)N(O)c2ccccc2)[C@H]1c1ccccc1. The number of para-hydroxylation sites is 2. The molecule has 0 aromatic heterocycles. The molecule has 1 N–H and O–H groups in total. The fourth-order valence-electron chi connectivity index (χ4n) is 5.53. The average molecular weight is 493 g/mol. The van der Waals surface area contributed by atoms with Crippen LogP contribution < -0.4 is 10.3 Å². The van der Waals surface area contributed by atoms with Gasteiger partial charge in [-0.2, -0.15) is 0 Å². The van der Waals surface area contributed by atoms with Gasteiger partial charge >= 0.3 is 0 Å². The largest absolute Gasteiger partial charge is 0.297 e. The van der Waals surface area contributed by atoms with Crippen molar-refractivity contribution in [2.75, 3.05) is 10.3 Å². The van der Waals surface area contributed by atoms with Gasteiger partial charge in [0.2, 0.25) is 0 Å². The summed E-state index contributed by atoms with van der Waals surface area (Å²) in [5, 5.41) is 13.6. The summed E-state index contributed by atoms with van der Waals surface area (Å²) < 4.78 is 0. The van der Waals surface area contributed by atoms with Gasteiger partial charge in [0.15, 0.2) is 11.9 Å².